The van der Waals surface area contributed by atoms with E-state index >= 15 is 0 Å². The first-order chi connectivity index (χ1) is 14.5. The second kappa shape index (κ2) is 8.36. The molecule has 154 valence electrons. The van der Waals surface area contributed by atoms with Crippen molar-refractivity contribution in [3.05, 3.63) is 54.4 Å². The third kappa shape index (κ3) is 4.17. The Kier molecular flexibility index (Phi) is 5.47. The summed E-state index contributed by atoms with van der Waals surface area (Å²) in [4.78, 5) is 30.3. The number of nitrogens with zero attached hydrogens (tertiary/aromatic N) is 3. The van der Waals surface area contributed by atoms with Crippen molar-refractivity contribution in [2.75, 3.05) is 17.3 Å². The third-order valence-corrected chi connectivity index (χ3v) is 4.88. The van der Waals surface area contributed by atoms with Crippen molar-refractivity contribution in [2.45, 2.75) is 32.3 Å². The van der Waals surface area contributed by atoms with E-state index in [2.05, 4.69) is 15.5 Å². The van der Waals surface area contributed by atoms with E-state index in [0.29, 0.717) is 48.1 Å². The molecule has 0 fully saturated rings. The number of nitrogens with one attached hydrogen (secondary N) is 1. The van der Waals surface area contributed by atoms with Crippen molar-refractivity contribution in [3.63, 3.8) is 0 Å². The van der Waals surface area contributed by atoms with Crippen molar-refractivity contribution >= 4 is 23.2 Å². The van der Waals surface area contributed by atoms with Gasteiger partial charge in [0, 0.05) is 31.1 Å². The van der Waals surface area contributed by atoms with Crippen LogP contribution in [0, 0.1) is 0 Å². The zero-order valence-corrected chi connectivity index (χ0v) is 16.8. The Hall–Kier alpha value is -3.68. The topological polar surface area (TPSA) is 97.6 Å². The summed E-state index contributed by atoms with van der Waals surface area (Å²) < 4.78 is 10.9. The average molecular weight is 406 g/mol. The number of benzene rings is 2. The number of carbonyl (C=O) groups is 2. The number of anilines is 2. The first kappa shape index (κ1) is 19.6. The number of ether oxygens (including phenoxy) is 1. The van der Waals surface area contributed by atoms with Gasteiger partial charge in [-0.1, -0.05) is 35.5 Å². The number of hydrogen-bond donors (Lipinski definition) is 1. The molecule has 0 saturated carbocycles. The minimum absolute atomic E-state index is 0.125. The van der Waals surface area contributed by atoms with Gasteiger partial charge < -0.3 is 19.5 Å². The Bertz CT molecular complexity index is 1060. The predicted octanol–water partition coefficient (Wildman–Crippen LogP) is 3.44. The standard InChI is InChI=1S/C22H22N4O4/c1-14-22(28)26(2)17-13-16(11-12-18(17)29-14)23-19(27)9-6-10-20-24-21(25-30-20)15-7-4-3-5-8-15/h3-5,7-8,11-14H,6,9-10H2,1-2H3,(H,23,27)/t14-/m0/s1. The lowest BCUT2D eigenvalue weighted by atomic mass is 10.1. The quantitative estimate of drug-likeness (QED) is 0.673. The lowest BCUT2D eigenvalue weighted by Crippen LogP contribution is -2.41. The van der Waals surface area contributed by atoms with Gasteiger partial charge in [-0.3, -0.25) is 9.59 Å². The zero-order valence-electron chi connectivity index (χ0n) is 16.8. The highest BCUT2D eigenvalue weighted by atomic mass is 16.5. The van der Waals surface area contributed by atoms with Crippen LogP contribution in [0.15, 0.2) is 53.1 Å². The molecule has 8 nitrogen and oxygen atoms in total. The smallest absolute Gasteiger partial charge is 0.267 e. The van der Waals surface area contributed by atoms with Crippen molar-refractivity contribution in [1.82, 2.24) is 10.1 Å². The summed E-state index contributed by atoms with van der Waals surface area (Å²) in [6, 6.07) is 14.8. The van der Waals surface area contributed by atoms with Crippen molar-refractivity contribution in [2.24, 2.45) is 0 Å². The number of hydrogen-bond acceptors (Lipinski definition) is 6. The van der Waals surface area contributed by atoms with Crippen LogP contribution in [0.5, 0.6) is 5.75 Å². The normalized spacial score (nSPS) is 15.5. The number of likely N-dealkylation sites (N-methyl/N-ethyl adjacent to an activating group) is 1. The molecule has 0 radical (unpaired) electrons. The van der Waals surface area contributed by atoms with E-state index in [1.54, 1.807) is 37.1 Å². The highest BCUT2D eigenvalue weighted by Gasteiger charge is 2.29. The molecule has 0 aliphatic carbocycles. The van der Waals surface area contributed by atoms with Crippen LogP contribution in [0.4, 0.5) is 11.4 Å². The summed E-state index contributed by atoms with van der Waals surface area (Å²) in [5.74, 6) is 1.41. The second-order valence-electron chi connectivity index (χ2n) is 7.12. The highest BCUT2D eigenvalue weighted by molar-refractivity contribution is 6.00. The number of carbonyl (C=O) groups excluding carboxylic acids is 2. The Morgan fingerprint density at radius 1 is 1.20 bits per heavy atom. The molecule has 0 unspecified atom stereocenters. The monoisotopic (exact) mass is 406 g/mol. The molecule has 1 aromatic heterocycles. The van der Waals surface area contributed by atoms with Crippen LogP contribution < -0.4 is 15.0 Å². The molecular weight excluding hydrogens is 384 g/mol. The summed E-state index contributed by atoms with van der Waals surface area (Å²) in [6.07, 6.45) is 0.879. The van der Waals surface area contributed by atoms with Crippen LogP contribution in [-0.4, -0.2) is 35.1 Å². The fourth-order valence-corrected chi connectivity index (χ4v) is 3.27. The lowest BCUT2D eigenvalue weighted by molar-refractivity contribution is -0.125. The summed E-state index contributed by atoms with van der Waals surface area (Å²) in [6.45, 7) is 1.71. The van der Waals surface area contributed by atoms with Crippen molar-refractivity contribution in [1.29, 1.82) is 0 Å². The zero-order chi connectivity index (χ0) is 21.1. The minimum atomic E-state index is -0.518. The van der Waals surface area contributed by atoms with Gasteiger partial charge in [-0.25, -0.2) is 0 Å². The van der Waals surface area contributed by atoms with Gasteiger partial charge >= 0.3 is 0 Å². The Morgan fingerprint density at radius 2 is 2.00 bits per heavy atom. The van der Waals surface area contributed by atoms with Crippen LogP contribution in [0.1, 0.15) is 25.7 Å². The van der Waals surface area contributed by atoms with Crippen LogP contribution in [-0.2, 0) is 16.0 Å². The van der Waals surface area contributed by atoms with Crippen LogP contribution in [0.25, 0.3) is 11.4 Å². The van der Waals surface area contributed by atoms with E-state index in [4.69, 9.17) is 9.26 Å². The van der Waals surface area contributed by atoms with Crippen LogP contribution in [0.3, 0.4) is 0 Å². The summed E-state index contributed by atoms with van der Waals surface area (Å²) in [5, 5.41) is 6.84. The van der Waals surface area contributed by atoms with E-state index in [-0.39, 0.29) is 11.8 Å². The number of rotatable bonds is 6. The first-order valence-corrected chi connectivity index (χ1v) is 9.77. The van der Waals surface area contributed by atoms with Gasteiger partial charge in [0.2, 0.25) is 17.6 Å². The number of amides is 2. The molecule has 8 heteroatoms. The molecule has 1 aliphatic rings. The molecule has 4 rings (SSSR count). The van der Waals surface area contributed by atoms with E-state index < -0.39 is 6.10 Å². The van der Waals surface area contributed by atoms with Gasteiger partial charge in [0.15, 0.2) is 6.10 Å². The molecule has 0 bridgehead atoms. The Balaban J connectivity index is 1.31. The molecule has 2 aromatic carbocycles. The Labute approximate surface area is 173 Å². The Morgan fingerprint density at radius 3 is 2.80 bits per heavy atom. The first-order valence-electron chi connectivity index (χ1n) is 9.77. The molecule has 3 aromatic rings. The summed E-state index contributed by atoms with van der Waals surface area (Å²) in [5.41, 5.74) is 2.13. The van der Waals surface area contributed by atoms with Crippen LogP contribution in [0.2, 0.25) is 0 Å². The maximum atomic E-state index is 12.3. The molecule has 1 atom stereocenters. The largest absolute Gasteiger partial charge is 0.479 e. The minimum Gasteiger partial charge on any atom is -0.479 e. The molecular formula is C22H22N4O4. The molecule has 30 heavy (non-hydrogen) atoms. The van der Waals surface area contributed by atoms with Gasteiger partial charge in [0.05, 0.1) is 5.69 Å². The van der Waals surface area contributed by atoms with Crippen LogP contribution >= 0.6 is 0 Å². The molecule has 2 amide bonds. The predicted molar refractivity (Wildman–Crippen MR) is 111 cm³/mol. The number of aromatic nitrogens is 2. The lowest BCUT2D eigenvalue weighted by Gasteiger charge is -2.30. The molecule has 2 heterocycles. The third-order valence-electron chi connectivity index (χ3n) is 4.88. The highest BCUT2D eigenvalue weighted by Crippen LogP contribution is 2.35. The maximum Gasteiger partial charge on any atom is 0.267 e. The van der Waals surface area contributed by atoms with E-state index in [1.165, 1.54) is 0 Å². The maximum absolute atomic E-state index is 12.3. The van der Waals surface area contributed by atoms with E-state index in [0.717, 1.165) is 5.56 Å². The molecule has 1 N–H and O–H groups in total. The summed E-state index contributed by atoms with van der Waals surface area (Å²) >= 11 is 0. The number of fused-ring (bicyclic) bond motifs is 1. The van der Waals surface area contributed by atoms with Crippen molar-refractivity contribution in [3.8, 4) is 17.1 Å². The second-order valence-corrected chi connectivity index (χ2v) is 7.12. The average Bonchev–Trinajstić information content (AvgIpc) is 3.22. The fraction of sp³-hybridized carbons (Fsp3) is 0.273. The molecule has 0 saturated heterocycles. The fourth-order valence-electron chi connectivity index (χ4n) is 3.27. The SMILES string of the molecule is C[C@@H]1Oc2ccc(NC(=O)CCCc3nc(-c4ccccc4)no3)cc2N(C)C1=O. The molecule has 1 aliphatic heterocycles. The number of aryl methyl sites for hydroxylation is 1. The van der Waals surface area contributed by atoms with Gasteiger partial charge in [-0.2, -0.15) is 4.98 Å². The van der Waals surface area contributed by atoms with E-state index in [1.807, 2.05) is 30.3 Å². The van der Waals surface area contributed by atoms with Crippen molar-refractivity contribution < 1.29 is 18.8 Å². The van der Waals surface area contributed by atoms with Gasteiger partial charge in [0.1, 0.15) is 5.75 Å². The van der Waals surface area contributed by atoms with Gasteiger partial charge in [-0.05, 0) is 31.5 Å². The summed E-state index contributed by atoms with van der Waals surface area (Å²) in [7, 11) is 1.69. The van der Waals surface area contributed by atoms with Gasteiger partial charge in [0.25, 0.3) is 5.91 Å². The van der Waals surface area contributed by atoms with Gasteiger partial charge in [-0.15, -0.1) is 0 Å². The van der Waals surface area contributed by atoms with E-state index in [9.17, 15) is 9.59 Å². The molecule has 0 spiro atoms.